The zero-order valence-electron chi connectivity index (χ0n) is 15.9. The standard InChI is InChI=1S/C22H23N5O.ClH/c23-21-20(13-6-8-15(9-7-13)28-14-4-2-1-3-5-14)22(24)27-19(26-21)10-16-17-11-25-12-18(16)17;/h1-9,16-18,25H,10-12H2,(H4,23,24,26,27);1H/t16?,17-,18?;/m0./s1. The number of benzene rings is 2. The van der Waals surface area contributed by atoms with Crippen molar-refractivity contribution < 1.29 is 4.74 Å². The van der Waals surface area contributed by atoms with Crippen molar-refractivity contribution in [1.29, 1.82) is 0 Å². The first-order chi connectivity index (χ1) is 13.7. The molecule has 7 heteroatoms. The first-order valence-corrected chi connectivity index (χ1v) is 9.65. The predicted octanol–water partition coefficient (Wildman–Crippen LogP) is 3.53. The van der Waals surface area contributed by atoms with E-state index in [9.17, 15) is 0 Å². The third-order valence-electron chi connectivity index (χ3n) is 5.82. The molecule has 3 aromatic rings. The van der Waals surface area contributed by atoms with Crippen LogP contribution in [0, 0.1) is 17.8 Å². The fraction of sp³-hybridized carbons (Fsp3) is 0.273. The Hall–Kier alpha value is -2.83. The zero-order valence-corrected chi connectivity index (χ0v) is 16.7. The van der Waals surface area contributed by atoms with E-state index in [1.54, 1.807) is 0 Å². The number of nitrogen functional groups attached to an aromatic ring is 2. The minimum atomic E-state index is 0. The van der Waals surface area contributed by atoms with Gasteiger partial charge in [0.1, 0.15) is 29.0 Å². The van der Waals surface area contributed by atoms with Crippen LogP contribution in [0.3, 0.4) is 0 Å². The van der Waals surface area contributed by atoms with Crippen LogP contribution in [0.1, 0.15) is 5.82 Å². The monoisotopic (exact) mass is 409 g/mol. The molecule has 2 fully saturated rings. The summed E-state index contributed by atoms with van der Waals surface area (Å²) in [4.78, 5) is 9.09. The number of rotatable bonds is 5. The molecule has 5 rings (SSSR count). The molecular weight excluding hydrogens is 386 g/mol. The summed E-state index contributed by atoms with van der Waals surface area (Å²) in [6.45, 7) is 2.21. The van der Waals surface area contributed by atoms with Crippen LogP contribution >= 0.6 is 12.4 Å². The number of hydrogen-bond donors (Lipinski definition) is 3. The van der Waals surface area contributed by atoms with Crippen molar-refractivity contribution in [2.75, 3.05) is 24.6 Å². The number of piperidine rings is 1. The number of anilines is 2. The van der Waals surface area contributed by atoms with E-state index >= 15 is 0 Å². The fourth-order valence-corrected chi connectivity index (χ4v) is 4.31. The maximum Gasteiger partial charge on any atom is 0.137 e. The van der Waals surface area contributed by atoms with E-state index in [2.05, 4.69) is 15.3 Å². The lowest BCUT2D eigenvalue weighted by molar-refractivity contribution is 0.483. The smallest absolute Gasteiger partial charge is 0.137 e. The number of ether oxygens (including phenoxy) is 1. The van der Waals surface area contributed by atoms with Crippen molar-refractivity contribution in [3.63, 3.8) is 0 Å². The second-order valence-corrected chi connectivity index (χ2v) is 7.58. The minimum Gasteiger partial charge on any atom is -0.457 e. The zero-order chi connectivity index (χ0) is 19.1. The average Bonchev–Trinajstić information content (AvgIpc) is 3.11. The number of nitrogens with one attached hydrogen (secondary N) is 1. The summed E-state index contributed by atoms with van der Waals surface area (Å²) in [6, 6.07) is 17.3. The third kappa shape index (κ3) is 3.86. The van der Waals surface area contributed by atoms with Gasteiger partial charge < -0.3 is 21.5 Å². The summed E-state index contributed by atoms with van der Waals surface area (Å²) in [5.41, 5.74) is 14.1. The fourth-order valence-electron chi connectivity index (χ4n) is 4.31. The molecule has 2 unspecified atom stereocenters. The van der Waals surface area contributed by atoms with Crippen molar-refractivity contribution in [1.82, 2.24) is 15.3 Å². The summed E-state index contributed by atoms with van der Waals surface area (Å²) in [7, 11) is 0. The Morgan fingerprint density at radius 3 is 2.07 bits per heavy atom. The molecule has 0 amide bonds. The first-order valence-electron chi connectivity index (χ1n) is 9.65. The van der Waals surface area contributed by atoms with Crippen LogP contribution in [0.4, 0.5) is 11.6 Å². The molecule has 6 nitrogen and oxygen atoms in total. The molecule has 2 aliphatic rings. The first kappa shape index (κ1) is 19.5. The summed E-state index contributed by atoms with van der Waals surface area (Å²) in [6.07, 6.45) is 0.857. The molecule has 0 radical (unpaired) electrons. The normalized spacial score (nSPS) is 21.9. The lowest BCUT2D eigenvalue weighted by Crippen LogP contribution is -2.16. The van der Waals surface area contributed by atoms with Gasteiger partial charge in [-0.3, -0.25) is 0 Å². The molecule has 2 aromatic carbocycles. The van der Waals surface area contributed by atoms with E-state index < -0.39 is 0 Å². The van der Waals surface area contributed by atoms with Gasteiger partial charge in [0.15, 0.2) is 0 Å². The summed E-state index contributed by atoms with van der Waals surface area (Å²) >= 11 is 0. The third-order valence-corrected chi connectivity index (χ3v) is 5.82. The molecule has 2 heterocycles. The van der Waals surface area contributed by atoms with Crippen LogP contribution < -0.4 is 21.5 Å². The summed E-state index contributed by atoms with van der Waals surface area (Å²) < 4.78 is 5.84. The predicted molar refractivity (Wildman–Crippen MR) is 117 cm³/mol. The van der Waals surface area contributed by atoms with Gasteiger partial charge in [0, 0.05) is 6.42 Å². The SMILES string of the molecule is Cl.Nc1nc(CC2C3CNC[C@H]32)nc(N)c1-c1ccc(Oc2ccccc2)cc1. The van der Waals surface area contributed by atoms with Crippen LogP contribution in [0.15, 0.2) is 54.6 Å². The van der Waals surface area contributed by atoms with Gasteiger partial charge in [0.25, 0.3) is 0 Å². The lowest BCUT2D eigenvalue weighted by atomic mass is 10.1. The highest BCUT2D eigenvalue weighted by Gasteiger charge is 2.52. The van der Waals surface area contributed by atoms with Crippen molar-refractivity contribution in [2.45, 2.75) is 6.42 Å². The van der Waals surface area contributed by atoms with Crippen molar-refractivity contribution in [3.05, 3.63) is 60.4 Å². The van der Waals surface area contributed by atoms with E-state index in [0.717, 1.165) is 54.2 Å². The van der Waals surface area contributed by atoms with Gasteiger partial charge >= 0.3 is 0 Å². The van der Waals surface area contributed by atoms with Crippen molar-refractivity contribution >= 4 is 24.0 Å². The van der Waals surface area contributed by atoms with Gasteiger partial charge in [0.2, 0.25) is 0 Å². The van der Waals surface area contributed by atoms with Crippen molar-refractivity contribution in [2.24, 2.45) is 17.8 Å². The number of hydrogen-bond acceptors (Lipinski definition) is 6. The molecule has 0 bridgehead atoms. The van der Waals surface area contributed by atoms with Gasteiger partial charge in [-0.05, 0) is 60.7 Å². The van der Waals surface area contributed by atoms with E-state index in [4.69, 9.17) is 16.2 Å². The molecule has 150 valence electrons. The molecule has 1 saturated carbocycles. The van der Waals surface area contributed by atoms with Crippen LogP contribution in [0.5, 0.6) is 11.5 Å². The minimum absolute atomic E-state index is 0. The van der Waals surface area contributed by atoms with E-state index in [1.165, 1.54) is 0 Å². The van der Waals surface area contributed by atoms with Crippen LogP contribution in [-0.2, 0) is 6.42 Å². The number of nitrogens with two attached hydrogens (primary N) is 2. The van der Waals surface area contributed by atoms with E-state index in [0.29, 0.717) is 23.1 Å². The summed E-state index contributed by atoms with van der Waals surface area (Å²) in [5.74, 6) is 5.36. The molecule has 1 saturated heterocycles. The van der Waals surface area contributed by atoms with Crippen molar-refractivity contribution in [3.8, 4) is 22.6 Å². The Bertz CT molecular complexity index is 963. The highest BCUT2D eigenvalue weighted by atomic mass is 35.5. The van der Waals surface area contributed by atoms with Gasteiger partial charge in [-0.25, -0.2) is 9.97 Å². The molecule has 5 N–H and O–H groups in total. The van der Waals surface area contributed by atoms with Gasteiger partial charge in [-0.2, -0.15) is 0 Å². The molecule has 1 aliphatic carbocycles. The lowest BCUT2D eigenvalue weighted by Gasteiger charge is -2.12. The molecule has 1 aromatic heterocycles. The number of aromatic nitrogens is 2. The van der Waals surface area contributed by atoms with Crippen LogP contribution in [-0.4, -0.2) is 23.1 Å². The van der Waals surface area contributed by atoms with Gasteiger partial charge in [0.05, 0.1) is 5.56 Å². The largest absolute Gasteiger partial charge is 0.457 e. The maximum absolute atomic E-state index is 6.25. The van der Waals surface area contributed by atoms with Crippen LogP contribution in [0.25, 0.3) is 11.1 Å². The molecular formula is C22H24ClN5O. The highest BCUT2D eigenvalue weighted by molar-refractivity contribution is 5.85. The number of para-hydroxylation sites is 1. The van der Waals surface area contributed by atoms with Gasteiger partial charge in [-0.15, -0.1) is 12.4 Å². The molecule has 29 heavy (non-hydrogen) atoms. The summed E-state index contributed by atoms with van der Waals surface area (Å²) in [5, 5.41) is 3.41. The Balaban J connectivity index is 0.00000205. The van der Waals surface area contributed by atoms with Gasteiger partial charge in [-0.1, -0.05) is 30.3 Å². The topological polar surface area (TPSA) is 99.1 Å². The number of fused-ring (bicyclic) bond motifs is 1. The molecule has 3 atom stereocenters. The highest BCUT2D eigenvalue weighted by Crippen LogP contribution is 2.50. The Kier molecular flexibility index (Phi) is 5.30. The Labute approximate surface area is 176 Å². The Morgan fingerprint density at radius 1 is 0.862 bits per heavy atom. The number of halogens is 1. The molecule has 0 spiro atoms. The molecule has 1 aliphatic heterocycles. The van der Waals surface area contributed by atoms with E-state index in [-0.39, 0.29) is 12.4 Å². The maximum atomic E-state index is 6.25. The quantitative estimate of drug-likeness (QED) is 0.596. The van der Waals surface area contributed by atoms with E-state index in [1.807, 2.05) is 54.6 Å². The second kappa shape index (κ2) is 7.89. The Morgan fingerprint density at radius 2 is 1.45 bits per heavy atom. The average molecular weight is 410 g/mol. The second-order valence-electron chi connectivity index (χ2n) is 7.58. The number of nitrogens with zero attached hydrogens (tertiary/aromatic N) is 2. The van der Waals surface area contributed by atoms with Crippen LogP contribution in [0.2, 0.25) is 0 Å².